The van der Waals surface area contributed by atoms with Crippen molar-refractivity contribution in [2.24, 2.45) is 4.99 Å². The average molecular weight is 456 g/mol. The Morgan fingerprint density at radius 3 is 2.83 bits per heavy atom. The number of thiazole rings is 1. The number of benzene rings is 1. The molecule has 4 nitrogen and oxygen atoms in total. The summed E-state index contributed by atoms with van der Waals surface area (Å²) in [7, 11) is 0. The lowest BCUT2D eigenvalue weighted by Crippen LogP contribution is -2.40. The molecule has 1 fully saturated rings. The number of nitrogens with one attached hydrogen (secondary N) is 1. The van der Waals surface area contributed by atoms with Crippen molar-refractivity contribution in [3.8, 4) is 0 Å². The molecule has 0 spiro atoms. The molecule has 1 N–H and O–H groups in total. The first-order valence-electron chi connectivity index (χ1n) is 8.25. The number of aliphatic imine (C=N–C) groups is 1. The second-order valence-corrected chi connectivity index (χ2v) is 7.20. The number of hydrogen-bond donors (Lipinski definition) is 1. The fourth-order valence-corrected chi connectivity index (χ4v) is 3.70. The second kappa shape index (κ2) is 9.36. The molecule has 1 aromatic heterocycles. The van der Waals surface area contributed by atoms with Gasteiger partial charge in [0.2, 0.25) is 0 Å². The van der Waals surface area contributed by atoms with Gasteiger partial charge in [-0.15, -0.1) is 35.3 Å². The lowest BCUT2D eigenvalue weighted by atomic mass is 9.99. The van der Waals surface area contributed by atoms with E-state index >= 15 is 0 Å². The summed E-state index contributed by atoms with van der Waals surface area (Å²) < 4.78 is 0. The van der Waals surface area contributed by atoms with E-state index < -0.39 is 0 Å². The van der Waals surface area contributed by atoms with Crippen LogP contribution in [0.5, 0.6) is 0 Å². The minimum atomic E-state index is 0. The molecule has 0 aliphatic carbocycles. The molecular formula is C18H25IN4S. The van der Waals surface area contributed by atoms with Crippen LogP contribution in [0.15, 0.2) is 41.5 Å². The zero-order valence-electron chi connectivity index (χ0n) is 14.2. The molecule has 1 aromatic carbocycles. The number of halogens is 1. The molecule has 1 aliphatic heterocycles. The van der Waals surface area contributed by atoms with Crippen molar-refractivity contribution in [1.82, 2.24) is 15.2 Å². The van der Waals surface area contributed by atoms with E-state index in [2.05, 4.69) is 59.4 Å². The third-order valence-corrected chi connectivity index (χ3v) is 5.02. The Hall–Kier alpha value is -1.15. The molecule has 1 aliphatic rings. The first kappa shape index (κ1) is 19.2. The van der Waals surface area contributed by atoms with Crippen LogP contribution in [0.4, 0.5) is 0 Å². The number of aromatic nitrogens is 1. The van der Waals surface area contributed by atoms with E-state index in [0.717, 1.165) is 30.6 Å². The molecule has 0 amide bonds. The molecule has 1 saturated heterocycles. The van der Waals surface area contributed by atoms with Gasteiger partial charge in [0.25, 0.3) is 0 Å². The van der Waals surface area contributed by atoms with Crippen molar-refractivity contribution >= 4 is 41.3 Å². The largest absolute Gasteiger partial charge is 0.357 e. The summed E-state index contributed by atoms with van der Waals surface area (Å²) in [4.78, 5) is 12.8. The molecule has 24 heavy (non-hydrogen) atoms. The lowest BCUT2D eigenvalue weighted by Gasteiger charge is -2.21. The number of guanidine groups is 1. The van der Waals surface area contributed by atoms with Crippen LogP contribution < -0.4 is 5.32 Å². The van der Waals surface area contributed by atoms with Gasteiger partial charge in [0.15, 0.2) is 5.96 Å². The first-order valence-corrected chi connectivity index (χ1v) is 9.07. The van der Waals surface area contributed by atoms with Crippen LogP contribution in [-0.2, 0) is 6.54 Å². The quantitative estimate of drug-likeness (QED) is 0.429. The van der Waals surface area contributed by atoms with Crippen molar-refractivity contribution in [1.29, 1.82) is 0 Å². The van der Waals surface area contributed by atoms with E-state index in [1.54, 1.807) is 11.3 Å². The van der Waals surface area contributed by atoms with Gasteiger partial charge in [0, 0.05) is 36.6 Å². The van der Waals surface area contributed by atoms with Crippen molar-refractivity contribution in [3.05, 3.63) is 52.0 Å². The van der Waals surface area contributed by atoms with Gasteiger partial charge in [-0.2, -0.15) is 0 Å². The molecular weight excluding hydrogens is 431 g/mol. The van der Waals surface area contributed by atoms with Gasteiger partial charge in [-0.1, -0.05) is 30.3 Å². The maximum absolute atomic E-state index is 4.79. The van der Waals surface area contributed by atoms with Gasteiger partial charge < -0.3 is 10.2 Å². The standard InChI is InChI=1S/C18H24N4S.HI/c1-3-19-18(21-12-17-20-11-14(2)23-17)22-10-9-16(13-22)15-7-5-4-6-8-15;/h4-8,11,16H,3,9-10,12-13H2,1-2H3,(H,19,21);1H. The highest BCUT2D eigenvalue weighted by molar-refractivity contribution is 14.0. The van der Waals surface area contributed by atoms with Crippen LogP contribution in [-0.4, -0.2) is 35.5 Å². The van der Waals surface area contributed by atoms with Gasteiger partial charge in [0.05, 0.1) is 6.54 Å². The summed E-state index contributed by atoms with van der Waals surface area (Å²) in [6.45, 7) is 7.85. The third-order valence-electron chi connectivity index (χ3n) is 4.13. The molecule has 130 valence electrons. The fraction of sp³-hybridized carbons (Fsp3) is 0.444. The Balaban J connectivity index is 0.00000208. The van der Waals surface area contributed by atoms with Gasteiger partial charge >= 0.3 is 0 Å². The van der Waals surface area contributed by atoms with Crippen molar-refractivity contribution in [2.75, 3.05) is 19.6 Å². The number of likely N-dealkylation sites (tertiary alicyclic amines) is 1. The van der Waals surface area contributed by atoms with E-state index in [4.69, 9.17) is 4.99 Å². The van der Waals surface area contributed by atoms with Gasteiger partial charge in [-0.25, -0.2) is 9.98 Å². The summed E-state index contributed by atoms with van der Waals surface area (Å²) in [5, 5.41) is 4.51. The van der Waals surface area contributed by atoms with Crippen LogP contribution in [0.1, 0.15) is 34.7 Å². The SMILES string of the molecule is CCNC(=NCc1ncc(C)s1)N1CCC(c2ccccc2)C1.I. The fourth-order valence-electron chi connectivity index (χ4n) is 2.99. The number of hydrogen-bond acceptors (Lipinski definition) is 3. The Kier molecular flexibility index (Phi) is 7.48. The van der Waals surface area contributed by atoms with Crippen LogP contribution in [0.3, 0.4) is 0 Å². The maximum atomic E-state index is 4.79. The van der Waals surface area contributed by atoms with Crippen LogP contribution in [0.2, 0.25) is 0 Å². The minimum Gasteiger partial charge on any atom is -0.357 e. The van der Waals surface area contributed by atoms with Crippen LogP contribution in [0.25, 0.3) is 0 Å². The minimum absolute atomic E-state index is 0. The Morgan fingerprint density at radius 2 is 2.17 bits per heavy atom. The highest BCUT2D eigenvalue weighted by Gasteiger charge is 2.25. The van der Waals surface area contributed by atoms with Crippen LogP contribution >= 0.6 is 35.3 Å². The summed E-state index contributed by atoms with van der Waals surface area (Å²) in [6.07, 6.45) is 3.11. The zero-order valence-corrected chi connectivity index (χ0v) is 17.4. The Labute approximate surface area is 165 Å². The van der Waals surface area contributed by atoms with Gasteiger partial charge in [0.1, 0.15) is 5.01 Å². The molecule has 0 bridgehead atoms. The topological polar surface area (TPSA) is 40.5 Å². The normalized spacial score (nSPS) is 17.7. The van der Waals surface area contributed by atoms with Crippen molar-refractivity contribution in [3.63, 3.8) is 0 Å². The Morgan fingerprint density at radius 1 is 1.38 bits per heavy atom. The molecule has 3 rings (SSSR count). The Bertz CT molecular complexity index is 656. The van der Waals surface area contributed by atoms with E-state index in [1.807, 2.05) is 6.20 Å². The average Bonchev–Trinajstić information content (AvgIpc) is 3.21. The van der Waals surface area contributed by atoms with Crippen molar-refractivity contribution < 1.29 is 0 Å². The predicted molar refractivity (Wildman–Crippen MR) is 112 cm³/mol. The maximum Gasteiger partial charge on any atom is 0.194 e. The molecule has 2 heterocycles. The molecule has 0 radical (unpaired) electrons. The smallest absolute Gasteiger partial charge is 0.194 e. The first-order chi connectivity index (χ1) is 11.3. The number of aryl methyl sites for hydroxylation is 1. The number of rotatable bonds is 4. The third kappa shape index (κ3) is 4.92. The lowest BCUT2D eigenvalue weighted by molar-refractivity contribution is 0.486. The molecule has 0 saturated carbocycles. The summed E-state index contributed by atoms with van der Waals surface area (Å²) in [5.74, 6) is 1.61. The molecule has 6 heteroatoms. The molecule has 2 aromatic rings. The predicted octanol–water partition coefficient (Wildman–Crippen LogP) is 4.02. The van der Waals surface area contributed by atoms with E-state index in [0.29, 0.717) is 12.5 Å². The van der Waals surface area contributed by atoms with E-state index in [1.165, 1.54) is 16.9 Å². The highest BCUT2D eigenvalue weighted by Crippen LogP contribution is 2.27. The highest BCUT2D eigenvalue weighted by atomic mass is 127. The van der Waals surface area contributed by atoms with Crippen LogP contribution in [0, 0.1) is 6.92 Å². The van der Waals surface area contributed by atoms with Crippen molar-refractivity contribution in [2.45, 2.75) is 32.7 Å². The number of nitrogens with zero attached hydrogens (tertiary/aromatic N) is 3. The van der Waals surface area contributed by atoms with E-state index in [9.17, 15) is 0 Å². The monoisotopic (exact) mass is 456 g/mol. The summed E-state index contributed by atoms with van der Waals surface area (Å²) in [5.41, 5.74) is 1.43. The summed E-state index contributed by atoms with van der Waals surface area (Å²) >= 11 is 1.72. The van der Waals surface area contributed by atoms with Gasteiger partial charge in [-0.3, -0.25) is 0 Å². The molecule has 1 atom stereocenters. The molecule has 1 unspecified atom stereocenters. The van der Waals surface area contributed by atoms with E-state index in [-0.39, 0.29) is 24.0 Å². The zero-order chi connectivity index (χ0) is 16.1. The second-order valence-electron chi connectivity index (χ2n) is 5.88. The van der Waals surface area contributed by atoms with Gasteiger partial charge in [-0.05, 0) is 25.8 Å². The summed E-state index contributed by atoms with van der Waals surface area (Å²) in [6, 6.07) is 10.8.